The lowest BCUT2D eigenvalue weighted by Gasteiger charge is -2.10. The Bertz CT molecular complexity index is 1580. The molecule has 0 fully saturated rings. The molecule has 5 aromatic rings. The van der Waals surface area contributed by atoms with Crippen LogP contribution in [0.1, 0.15) is 38.0 Å². The van der Waals surface area contributed by atoms with Gasteiger partial charge in [0.1, 0.15) is 15.4 Å². The second-order valence-electron chi connectivity index (χ2n) is 7.65. The Kier molecular flexibility index (Phi) is 5.65. The van der Waals surface area contributed by atoms with Crippen LogP contribution in [0.5, 0.6) is 0 Å². The highest BCUT2D eigenvalue weighted by Crippen LogP contribution is 2.43. The molecule has 0 spiro atoms. The van der Waals surface area contributed by atoms with Gasteiger partial charge in [0.2, 0.25) is 0 Å². The van der Waals surface area contributed by atoms with Crippen LogP contribution < -0.4 is 11.1 Å². The Morgan fingerprint density at radius 3 is 2.69 bits per heavy atom. The van der Waals surface area contributed by atoms with E-state index in [0.717, 1.165) is 16.2 Å². The number of carbonyl (C=O) groups is 2. The number of nitrogens with one attached hydrogen (secondary N) is 2. The van der Waals surface area contributed by atoms with Crippen molar-refractivity contribution in [3.05, 3.63) is 57.8 Å². The smallest absolute Gasteiger partial charge is 0.280 e. The van der Waals surface area contributed by atoms with E-state index in [-0.39, 0.29) is 21.1 Å². The number of carbonyl (C=O) groups excluding carboxylic acids is 2. The van der Waals surface area contributed by atoms with Crippen LogP contribution in [-0.4, -0.2) is 36.8 Å². The van der Waals surface area contributed by atoms with Gasteiger partial charge in [-0.2, -0.15) is 10.2 Å². The fourth-order valence-corrected chi connectivity index (χ4v) is 5.48. The largest absolute Gasteiger partial charge is 0.365 e. The molecule has 0 saturated heterocycles. The average Bonchev–Trinajstić information content (AvgIpc) is 3.59. The molecular formula is C22H17F2N7O2S2. The summed E-state index contributed by atoms with van der Waals surface area (Å²) in [5.74, 6) is -1.42. The number of aromatic nitrogens is 5. The van der Waals surface area contributed by atoms with Gasteiger partial charge in [-0.3, -0.25) is 19.4 Å². The third kappa shape index (κ3) is 4.08. The zero-order chi connectivity index (χ0) is 24.9. The Hall–Kier alpha value is -3.97. The fraction of sp³-hybridized carbons (Fsp3) is 0.136. The van der Waals surface area contributed by atoms with Crippen molar-refractivity contribution in [1.82, 2.24) is 25.0 Å². The number of H-pyrrole nitrogens is 1. The van der Waals surface area contributed by atoms with Gasteiger partial charge in [0.25, 0.3) is 18.2 Å². The second kappa shape index (κ2) is 8.67. The lowest BCUT2D eigenvalue weighted by Crippen LogP contribution is -2.17. The Labute approximate surface area is 204 Å². The van der Waals surface area contributed by atoms with Crippen molar-refractivity contribution in [1.29, 1.82) is 0 Å². The minimum atomic E-state index is -2.84. The molecule has 0 bridgehead atoms. The van der Waals surface area contributed by atoms with Crippen LogP contribution in [0.4, 0.5) is 14.5 Å². The number of primary amides is 1. The van der Waals surface area contributed by atoms with Gasteiger partial charge in [0.05, 0.1) is 22.0 Å². The van der Waals surface area contributed by atoms with Gasteiger partial charge in [0.15, 0.2) is 5.69 Å². The summed E-state index contributed by atoms with van der Waals surface area (Å²) in [6, 6.07) is 6.58. The van der Waals surface area contributed by atoms with Gasteiger partial charge in [-0.15, -0.1) is 22.7 Å². The van der Waals surface area contributed by atoms with Crippen molar-refractivity contribution in [2.45, 2.75) is 13.3 Å². The number of halogens is 2. The van der Waals surface area contributed by atoms with Crippen molar-refractivity contribution >= 4 is 50.4 Å². The molecule has 0 atom stereocenters. The summed E-state index contributed by atoms with van der Waals surface area (Å²) in [6.07, 6.45) is -1.17. The third-order valence-electron chi connectivity index (χ3n) is 5.27. The number of alkyl halides is 2. The minimum absolute atomic E-state index is 0.0101. The fourth-order valence-electron chi connectivity index (χ4n) is 3.77. The van der Waals surface area contributed by atoms with Crippen molar-refractivity contribution in [3.63, 3.8) is 0 Å². The highest BCUT2D eigenvalue weighted by molar-refractivity contribution is 7.21. The zero-order valence-corrected chi connectivity index (χ0v) is 19.9. The molecule has 0 aliphatic rings. The van der Waals surface area contributed by atoms with Crippen LogP contribution in [0.25, 0.3) is 31.9 Å². The highest BCUT2D eigenvalue weighted by Gasteiger charge is 2.27. The summed E-state index contributed by atoms with van der Waals surface area (Å²) in [6.45, 7) is 1.74. The van der Waals surface area contributed by atoms with E-state index in [4.69, 9.17) is 5.73 Å². The van der Waals surface area contributed by atoms with Crippen molar-refractivity contribution < 1.29 is 18.4 Å². The normalized spacial score (nSPS) is 11.5. The van der Waals surface area contributed by atoms with E-state index >= 15 is 0 Å². The SMILES string of the molecule is Cc1nn(C)cc1-c1cc(C(F)F)nc2sc(C(N)=O)c(NC(=O)c3cc(-c4cccs4)[nH]n3)c12. The molecule has 0 aliphatic heterocycles. The van der Waals surface area contributed by atoms with Crippen molar-refractivity contribution in [2.75, 3.05) is 5.32 Å². The number of thiophene rings is 2. The first-order valence-corrected chi connectivity index (χ1v) is 11.9. The molecule has 9 nitrogen and oxygen atoms in total. The van der Waals surface area contributed by atoms with Crippen molar-refractivity contribution in [3.8, 4) is 21.7 Å². The maximum atomic E-state index is 13.7. The Morgan fingerprint density at radius 1 is 1.26 bits per heavy atom. The molecule has 0 aromatic carbocycles. The summed E-state index contributed by atoms with van der Waals surface area (Å²) in [5.41, 5.74) is 7.46. The number of aryl methyl sites for hydroxylation is 2. The number of aromatic amines is 1. The predicted molar refractivity (Wildman–Crippen MR) is 130 cm³/mol. The topological polar surface area (TPSA) is 132 Å². The standard InChI is InChI=1S/C22H17F2N7O2S2/c1-9-11(8-31(2)30-9)10-6-13(19(23)24)26-22-16(10)17(18(35-22)20(25)32)27-21(33)14-7-12(28-29-14)15-4-3-5-34-15/h3-8,19H,1-2H3,(H2,25,32)(H,27,33)(H,28,29). The molecule has 5 rings (SSSR count). The predicted octanol–water partition coefficient (Wildman–Crippen LogP) is 4.75. The molecule has 5 aromatic heterocycles. The number of nitrogens with two attached hydrogens (primary N) is 1. The van der Waals surface area contributed by atoms with E-state index in [2.05, 4.69) is 25.6 Å². The van der Waals surface area contributed by atoms with Crippen LogP contribution in [0, 0.1) is 6.92 Å². The van der Waals surface area contributed by atoms with Crippen LogP contribution in [-0.2, 0) is 7.05 Å². The second-order valence-corrected chi connectivity index (χ2v) is 9.59. The Morgan fingerprint density at radius 2 is 2.06 bits per heavy atom. The van der Waals surface area contributed by atoms with E-state index in [0.29, 0.717) is 27.9 Å². The van der Waals surface area contributed by atoms with Gasteiger partial charge >= 0.3 is 0 Å². The summed E-state index contributed by atoms with van der Waals surface area (Å²) >= 11 is 2.32. The lowest BCUT2D eigenvalue weighted by atomic mass is 10.0. The molecule has 5 heterocycles. The monoisotopic (exact) mass is 513 g/mol. The molecule has 2 amide bonds. The molecule has 0 radical (unpaired) electrons. The number of pyridine rings is 1. The molecule has 35 heavy (non-hydrogen) atoms. The third-order valence-corrected chi connectivity index (χ3v) is 7.27. The van der Waals surface area contributed by atoms with E-state index in [1.165, 1.54) is 17.4 Å². The summed E-state index contributed by atoms with van der Waals surface area (Å²) in [5, 5.41) is 16.1. The van der Waals surface area contributed by atoms with E-state index < -0.39 is 23.9 Å². The van der Waals surface area contributed by atoms with Crippen molar-refractivity contribution in [2.24, 2.45) is 12.8 Å². The van der Waals surface area contributed by atoms with Gasteiger partial charge in [-0.1, -0.05) is 6.07 Å². The van der Waals surface area contributed by atoms with E-state index in [1.807, 2.05) is 17.5 Å². The number of anilines is 1. The average molecular weight is 514 g/mol. The number of fused-ring (bicyclic) bond motifs is 1. The van der Waals surface area contributed by atoms with E-state index in [1.54, 1.807) is 30.9 Å². The zero-order valence-electron chi connectivity index (χ0n) is 18.3. The first-order chi connectivity index (χ1) is 16.7. The van der Waals surface area contributed by atoms with Gasteiger partial charge in [-0.05, 0) is 36.1 Å². The van der Waals surface area contributed by atoms with Crippen LogP contribution in [0.15, 0.2) is 35.8 Å². The number of nitrogens with zero attached hydrogens (tertiary/aromatic N) is 4. The molecule has 0 aliphatic carbocycles. The van der Waals surface area contributed by atoms with Gasteiger partial charge in [-0.25, -0.2) is 13.8 Å². The van der Waals surface area contributed by atoms with Crippen LogP contribution in [0.2, 0.25) is 0 Å². The lowest BCUT2D eigenvalue weighted by molar-refractivity contribution is 0.100. The number of amides is 2. The van der Waals surface area contributed by atoms with Crippen LogP contribution >= 0.6 is 22.7 Å². The number of hydrogen-bond acceptors (Lipinski definition) is 7. The van der Waals surface area contributed by atoms with Crippen LogP contribution in [0.3, 0.4) is 0 Å². The molecule has 0 saturated carbocycles. The first kappa shape index (κ1) is 22.8. The molecule has 178 valence electrons. The molecule has 0 unspecified atom stereocenters. The van der Waals surface area contributed by atoms with Gasteiger partial charge in [0, 0.05) is 24.2 Å². The first-order valence-electron chi connectivity index (χ1n) is 10.2. The Balaban J connectivity index is 1.67. The maximum Gasteiger partial charge on any atom is 0.280 e. The maximum absolute atomic E-state index is 13.7. The number of rotatable bonds is 6. The summed E-state index contributed by atoms with van der Waals surface area (Å²) in [7, 11) is 1.71. The van der Waals surface area contributed by atoms with Gasteiger partial charge < -0.3 is 11.1 Å². The quantitative estimate of drug-likeness (QED) is 0.302. The molecular weight excluding hydrogens is 496 g/mol. The highest BCUT2D eigenvalue weighted by atomic mass is 32.1. The number of hydrogen-bond donors (Lipinski definition) is 3. The molecule has 4 N–H and O–H groups in total. The summed E-state index contributed by atoms with van der Waals surface area (Å²) < 4.78 is 28.9. The molecule has 13 heteroatoms. The summed E-state index contributed by atoms with van der Waals surface area (Å²) in [4.78, 5) is 30.5. The van der Waals surface area contributed by atoms with E-state index in [9.17, 15) is 18.4 Å². The minimum Gasteiger partial charge on any atom is -0.365 e.